The number of carbonyl (C=O) groups is 1. The van der Waals surface area contributed by atoms with Gasteiger partial charge in [0.15, 0.2) is 5.78 Å². The standard InChI is InChI=1S/C11H17N3O2/c1-14-5-2-9(13-14)10(15)11(8-12)3-6-16-7-4-11/h2,5H,3-4,6-8,12H2,1H3. The van der Waals surface area contributed by atoms with Gasteiger partial charge >= 0.3 is 0 Å². The number of rotatable bonds is 3. The summed E-state index contributed by atoms with van der Waals surface area (Å²) in [4.78, 5) is 12.4. The summed E-state index contributed by atoms with van der Waals surface area (Å²) < 4.78 is 6.92. The van der Waals surface area contributed by atoms with Crippen LogP contribution in [0.25, 0.3) is 0 Å². The van der Waals surface area contributed by atoms with E-state index in [1.165, 1.54) is 0 Å². The van der Waals surface area contributed by atoms with Gasteiger partial charge in [0.25, 0.3) is 0 Å². The molecule has 1 aliphatic heterocycles. The second kappa shape index (κ2) is 4.35. The summed E-state index contributed by atoms with van der Waals surface area (Å²) in [6, 6.07) is 1.75. The van der Waals surface area contributed by atoms with Crippen LogP contribution in [0, 0.1) is 5.41 Å². The number of ketones is 1. The van der Waals surface area contributed by atoms with Crippen molar-refractivity contribution >= 4 is 5.78 Å². The molecule has 1 aliphatic rings. The van der Waals surface area contributed by atoms with Gasteiger partial charge in [-0.05, 0) is 18.9 Å². The van der Waals surface area contributed by atoms with E-state index >= 15 is 0 Å². The fourth-order valence-electron chi connectivity index (χ4n) is 2.09. The van der Waals surface area contributed by atoms with E-state index in [2.05, 4.69) is 5.10 Å². The maximum absolute atomic E-state index is 12.4. The summed E-state index contributed by atoms with van der Waals surface area (Å²) in [5, 5.41) is 4.15. The van der Waals surface area contributed by atoms with Gasteiger partial charge < -0.3 is 10.5 Å². The van der Waals surface area contributed by atoms with Crippen molar-refractivity contribution in [3.05, 3.63) is 18.0 Å². The highest BCUT2D eigenvalue weighted by atomic mass is 16.5. The van der Waals surface area contributed by atoms with E-state index < -0.39 is 5.41 Å². The van der Waals surface area contributed by atoms with Crippen LogP contribution in [0.15, 0.2) is 12.3 Å². The average Bonchev–Trinajstić information content (AvgIpc) is 2.76. The third-order valence-electron chi connectivity index (χ3n) is 3.27. The van der Waals surface area contributed by atoms with Gasteiger partial charge in [0, 0.05) is 33.0 Å². The van der Waals surface area contributed by atoms with Gasteiger partial charge in [0.1, 0.15) is 5.69 Å². The summed E-state index contributed by atoms with van der Waals surface area (Å²) in [6.45, 7) is 1.58. The Morgan fingerprint density at radius 1 is 1.62 bits per heavy atom. The Kier molecular flexibility index (Phi) is 3.07. The van der Waals surface area contributed by atoms with E-state index in [0.717, 1.165) is 0 Å². The Morgan fingerprint density at radius 3 is 2.81 bits per heavy atom. The van der Waals surface area contributed by atoms with E-state index in [0.29, 0.717) is 38.3 Å². The number of ether oxygens (including phenoxy) is 1. The molecule has 1 saturated heterocycles. The zero-order valence-electron chi connectivity index (χ0n) is 9.48. The van der Waals surface area contributed by atoms with Gasteiger partial charge in [-0.3, -0.25) is 9.48 Å². The highest BCUT2D eigenvalue weighted by Crippen LogP contribution is 2.32. The molecule has 0 amide bonds. The molecule has 2 N–H and O–H groups in total. The first kappa shape index (κ1) is 11.3. The SMILES string of the molecule is Cn1ccc(C(=O)C2(CN)CCOCC2)n1. The molecule has 88 valence electrons. The highest BCUT2D eigenvalue weighted by Gasteiger charge is 2.40. The highest BCUT2D eigenvalue weighted by molar-refractivity contribution is 5.99. The zero-order valence-corrected chi connectivity index (χ0v) is 9.48. The minimum atomic E-state index is -0.466. The summed E-state index contributed by atoms with van der Waals surface area (Å²) in [5.41, 5.74) is 5.82. The molecule has 0 unspecified atom stereocenters. The predicted octanol–water partition coefficient (Wildman–Crippen LogP) is 0.358. The molecule has 0 bridgehead atoms. The first-order valence-electron chi connectivity index (χ1n) is 5.50. The van der Waals surface area contributed by atoms with Crippen molar-refractivity contribution in [3.63, 3.8) is 0 Å². The number of hydrogen-bond donors (Lipinski definition) is 1. The molecular weight excluding hydrogens is 206 g/mol. The predicted molar refractivity (Wildman–Crippen MR) is 59.1 cm³/mol. The Hall–Kier alpha value is -1.20. The number of aryl methyl sites for hydroxylation is 1. The normalized spacial score (nSPS) is 19.6. The van der Waals surface area contributed by atoms with Gasteiger partial charge in [-0.15, -0.1) is 0 Å². The number of carbonyl (C=O) groups excluding carboxylic acids is 1. The van der Waals surface area contributed by atoms with Crippen LogP contribution in [0.5, 0.6) is 0 Å². The molecule has 1 fully saturated rings. The second-order valence-electron chi connectivity index (χ2n) is 4.30. The first-order chi connectivity index (χ1) is 7.68. The summed E-state index contributed by atoms with van der Waals surface area (Å²) in [7, 11) is 1.80. The fraction of sp³-hybridized carbons (Fsp3) is 0.636. The molecule has 0 aliphatic carbocycles. The van der Waals surface area contributed by atoms with Gasteiger partial charge in [-0.2, -0.15) is 5.10 Å². The molecule has 0 spiro atoms. The van der Waals surface area contributed by atoms with Crippen LogP contribution in [0.2, 0.25) is 0 Å². The largest absolute Gasteiger partial charge is 0.381 e. The minimum Gasteiger partial charge on any atom is -0.381 e. The minimum absolute atomic E-state index is 0.0545. The maximum Gasteiger partial charge on any atom is 0.190 e. The van der Waals surface area contributed by atoms with Gasteiger partial charge in [0.2, 0.25) is 0 Å². The first-order valence-corrected chi connectivity index (χ1v) is 5.50. The smallest absolute Gasteiger partial charge is 0.190 e. The lowest BCUT2D eigenvalue weighted by Crippen LogP contribution is -2.43. The van der Waals surface area contributed by atoms with Gasteiger partial charge in [-0.25, -0.2) is 0 Å². The van der Waals surface area contributed by atoms with E-state index in [-0.39, 0.29) is 5.78 Å². The maximum atomic E-state index is 12.4. The molecule has 2 rings (SSSR count). The van der Waals surface area contributed by atoms with Crippen LogP contribution in [-0.4, -0.2) is 35.3 Å². The number of Topliss-reactive ketones (excluding diaryl/α,β-unsaturated/α-hetero) is 1. The van der Waals surface area contributed by atoms with Crippen LogP contribution >= 0.6 is 0 Å². The topological polar surface area (TPSA) is 70.1 Å². The van der Waals surface area contributed by atoms with Crippen molar-refractivity contribution in [3.8, 4) is 0 Å². The van der Waals surface area contributed by atoms with Crippen LogP contribution in [0.4, 0.5) is 0 Å². The Labute approximate surface area is 94.6 Å². The van der Waals surface area contributed by atoms with Crippen LogP contribution in [0.3, 0.4) is 0 Å². The molecule has 1 aromatic rings. The van der Waals surface area contributed by atoms with E-state index in [9.17, 15) is 4.79 Å². The Bertz CT molecular complexity index is 380. The lowest BCUT2D eigenvalue weighted by molar-refractivity contribution is 0.0197. The van der Waals surface area contributed by atoms with E-state index in [1.807, 2.05) is 0 Å². The molecule has 0 saturated carbocycles. The quantitative estimate of drug-likeness (QED) is 0.751. The summed E-state index contributed by atoms with van der Waals surface area (Å²) in [5.74, 6) is 0.0545. The monoisotopic (exact) mass is 223 g/mol. The number of nitrogens with zero attached hydrogens (tertiary/aromatic N) is 2. The molecule has 1 aromatic heterocycles. The van der Waals surface area contributed by atoms with Crippen molar-refractivity contribution in [2.45, 2.75) is 12.8 Å². The van der Waals surface area contributed by atoms with Crippen molar-refractivity contribution in [1.29, 1.82) is 0 Å². The molecule has 0 atom stereocenters. The van der Waals surface area contributed by atoms with E-state index in [1.54, 1.807) is 24.0 Å². The van der Waals surface area contributed by atoms with Gasteiger partial charge in [0.05, 0.1) is 5.41 Å². The van der Waals surface area contributed by atoms with Crippen molar-refractivity contribution < 1.29 is 9.53 Å². The second-order valence-corrected chi connectivity index (χ2v) is 4.30. The zero-order chi connectivity index (χ0) is 11.6. The van der Waals surface area contributed by atoms with Crippen molar-refractivity contribution in [2.24, 2.45) is 18.2 Å². The van der Waals surface area contributed by atoms with Crippen LogP contribution < -0.4 is 5.73 Å². The lowest BCUT2D eigenvalue weighted by atomic mass is 9.75. The van der Waals surface area contributed by atoms with Crippen molar-refractivity contribution in [1.82, 2.24) is 9.78 Å². The summed E-state index contributed by atoms with van der Waals surface area (Å²) in [6.07, 6.45) is 3.16. The molecule has 16 heavy (non-hydrogen) atoms. The molecular formula is C11H17N3O2. The third-order valence-corrected chi connectivity index (χ3v) is 3.27. The van der Waals surface area contributed by atoms with Crippen LogP contribution in [-0.2, 0) is 11.8 Å². The van der Waals surface area contributed by atoms with Crippen LogP contribution in [0.1, 0.15) is 23.3 Å². The lowest BCUT2D eigenvalue weighted by Gasteiger charge is -2.33. The average molecular weight is 223 g/mol. The molecule has 5 heteroatoms. The Balaban J connectivity index is 2.24. The number of aromatic nitrogens is 2. The fourth-order valence-corrected chi connectivity index (χ4v) is 2.09. The van der Waals surface area contributed by atoms with Crippen molar-refractivity contribution in [2.75, 3.05) is 19.8 Å². The molecule has 0 aromatic carbocycles. The molecule has 5 nitrogen and oxygen atoms in total. The van der Waals surface area contributed by atoms with E-state index in [4.69, 9.17) is 10.5 Å². The molecule has 2 heterocycles. The number of hydrogen-bond acceptors (Lipinski definition) is 4. The van der Waals surface area contributed by atoms with Gasteiger partial charge in [-0.1, -0.05) is 0 Å². The molecule has 0 radical (unpaired) electrons. The third kappa shape index (κ3) is 1.88. The summed E-state index contributed by atoms with van der Waals surface area (Å²) >= 11 is 0. The number of nitrogens with two attached hydrogens (primary N) is 1. The Morgan fingerprint density at radius 2 is 2.31 bits per heavy atom.